The predicted molar refractivity (Wildman–Crippen MR) is 112 cm³/mol. The molecule has 2 aromatic rings. The third-order valence-corrected chi connectivity index (χ3v) is 5.90. The van der Waals surface area contributed by atoms with Crippen molar-refractivity contribution in [2.75, 3.05) is 31.5 Å². The van der Waals surface area contributed by atoms with Crippen LogP contribution >= 0.6 is 23.6 Å². The van der Waals surface area contributed by atoms with Gasteiger partial charge in [0.25, 0.3) is 0 Å². The standard InChI is InChI=1S/C20H26FN3S2/c21-18-9-2-3-10-19(18)22-20(25)24(16-17-8-6-15-26-17)14-7-13-23-11-4-1-5-12-23/h2-3,6,8-10,15H,1,4-5,7,11-14,16H2,(H,22,25). The zero-order valence-electron chi connectivity index (χ0n) is 15.0. The Hall–Kier alpha value is -1.50. The summed E-state index contributed by atoms with van der Waals surface area (Å²) in [7, 11) is 0. The summed E-state index contributed by atoms with van der Waals surface area (Å²) in [5.41, 5.74) is 0.435. The van der Waals surface area contributed by atoms with Crippen LogP contribution in [0.5, 0.6) is 0 Å². The molecule has 140 valence electrons. The molecule has 0 unspecified atom stereocenters. The molecule has 2 heterocycles. The third-order valence-electron chi connectivity index (χ3n) is 4.68. The summed E-state index contributed by atoms with van der Waals surface area (Å²) in [6, 6.07) is 10.8. The number of para-hydroxylation sites is 1. The Morgan fingerprint density at radius 1 is 1.15 bits per heavy atom. The van der Waals surface area contributed by atoms with Crippen LogP contribution in [-0.4, -0.2) is 41.1 Å². The molecule has 1 aromatic heterocycles. The van der Waals surface area contributed by atoms with Crippen LogP contribution in [0.2, 0.25) is 0 Å². The molecular weight excluding hydrogens is 365 g/mol. The number of thiophene rings is 1. The normalized spacial score (nSPS) is 15.0. The highest BCUT2D eigenvalue weighted by Crippen LogP contribution is 2.17. The van der Waals surface area contributed by atoms with E-state index in [1.807, 2.05) is 6.07 Å². The summed E-state index contributed by atoms with van der Waals surface area (Å²) in [6.07, 6.45) is 5.04. The number of nitrogens with zero attached hydrogens (tertiary/aromatic N) is 2. The van der Waals surface area contributed by atoms with Crippen LogP contribution in [0.1, 0.15) is 30.6 Å². The Morgan fingerprint density at radius 3 is 2.69 bits per heavy atom. The molecule has 3 nitrogen and oxygen atoms in total. The van der Waals surface area contributed by atoms with Crippen LogP contribution in [0.4, 0.5) is 10.1 Å². The van der Waals surface area contributed by atoms with Crippen molar-refractivity contribution in [1.29, 1.82) is 0 Å². The monoisotopic (exact) mass is 391 g/mol. The molecule has 0 spiro atoms. The van der Waals surface area contributed by atoms with Crippen molar-refractivity contribution in [2.24, 2.45) is 0 Å². The largest absolute Gasteiger partial charge is 0.344 e. The lowest BCUT2D eigenvalue weighted by molar-refractivity contribution is 0.218. The minimum atomic E-state index is -0.278. The minimum Gasteiger partial charge on any atom is -0.344 e. The van der Waals surface area contributed by atoms with Gasteiger partial charge < -0.3 is 15.1 Å². The highest BCUT2D eigenvalue weighted by molar-refractivity contribution is 7.80. The summed E-state index contributed by atoms with van der Waals surface area (Å²) in [6.45, 7) is 5.15. The van der Waals surface area contributed by atoms with Crippen LogP contribution in [0, 0.1) is 5.82 Å². The van der Waals surface area contributed by atoms with E-state index in [1.54, 1.807) is 23.5 Å². The van der Waals surface area contributed by atoms with Crippen molar-refractivity contribution in [3.05, 3.63) is 52.5 Å². The number of nitrogens with one attached hydrogen (secondary N) is 1. The Balaban J connectivity index is 1.58. The minimum absolute atomic E-state index is 0.278. The van der Waals surface area contributed by atoms with E-state index >= 15 is 0 Å². The highest BCUT2D eigenvalue weighted by atomic mass is 32.1. The van der Waals surface area contributed by atoms with E-state index in [9.17, 15) is 4.39 Å². The van der Waals surface area contributed by atoms with Crippen LogP contribution in [0.25, 0.3) is 0 Å². The van der Waals surface area contributed by atoms with Crippen LogP contribution in [0.15, 0.2) is 41.8 Å². The van der Waals surface area contributed by atoms with Crippen molar-refractivity contribution in [3.8, 4) is 0 Å². The van der Waals surface area contributed by atoms with E-state index in [1.165, 1.54) is 43.3 Å². The van der Waals surface area contributed by atoms with Crippen molar-refractivity contribution in [1.82, 2.24) is 9.80 Å². The van der Waals surface area contributed by atoms with Gasteiger partial charge in [0.05, 0.1) is 12.2 Å². The molecule has 0 saturated carbocycles. The molecule has 0 bridgehead atoms. The fourth-order valence-corrected chi connectivity index (χ4v) is 4.25. The predicted octanol–water partition coefficient (Wildman–Crippen LogP) is 4.96. The van der Waals surface area contributed by atoms with E-state index in [2.05, 4.69) is 32.6 Å². The first-order chi connectivity index (χ1) is 12.7. The average Bonchev–Trinajstić information content (AvgIpc) is 3.17. The maximum absolute atomic E-state index is 13.9. The van der Waals surface area contributed by atoms with Gasteiger partial charge in [-0.25, -0.2) is 4.39 Å². The molecule has 1 aromatic carbocycles. The fourth-order valence-electron chi connectivity index (χ4n) is 3.27. The first kappa shape index (κ1) is 19.3. The zero-order valence-corrected chi connectivity index (χ0v) is 16.6. The molecule has 1 aliphatic heterocycles. The molecule has 26 heavy (non-hydrogen) atoms. The smallest absolute Gasteiger partial charge is 0.173 e. The first-order valence-electron chi connectivity index (χ1n) is 9.27. The van der Waals surface area contributed by atoms with Crippen LogP contribution in [0.3, 0.4) is 0 Å². The van der Waals surface area contributed by atoms with Gasteiger partial charge in [0.2, 0.25) is 0 Å². The summed E-state index contributed by atoms with van der Waals surface area (Å²) in [5.74, 6) is -0.278. The van der Waals surface area contributed by atoms with E-state index in [0.29, 0.717) is 10.8 Å². The Bertz CT molecular complexity index is 684. The molecular formula is C20H26FN3S2. The Kier molecular flexibility index (Phi) is 7.41. The van der Waals surface area contributed by atoms with E-state index in [-0.39, 0.29) is 5.82 Å². The van der Waals surface area contributed by atoms with Gasteiger partial charge in [0.15, 0.2) is 5.11 Å². The van der Waals surface area contributed by atoms with Crippen molar-refractivity contribution >= 4 is 34.4 Å². The van der Waals surface area contributed by atoms with Gasteiger partial charge in [0, 0.05) is 11.4 Å². The molecule has 0 atom stereocenters. The average molecular weight is 392 g/mol. The van der Waals surface area contributed by atoms with Gasteiger partial charge in [-0.05, 0) is 74.7 Å². The molecule has 3 rings (SSSR count). The van der Waals surface area contributed by atoms with Crippen molar-refractivity contribution < 1.29 is 4.39 Å². The molecule has 0 aliphatic carbocycles. The number of halogens is 1. The fraction of sp³-hybridized carbons (Fsp3) is 0.450. The van der Waals surface area contributed by atoms with E-state index in [0.717, 1.165) is 26.1 Å². The maximum atomic E-state index is 13.9. The number of hydrogen-bond donors (Lipinski definition) is 1. The van der Waals surface area contributed by atoms with Gasteiger partial charge >= 0.3 is 0 Å². The first-order valence-corrected chi connectivity index (χ1v) is 10.6. The highest BCUT2D eigenvalue weighted by Gasteiger charge is 2.15. The lowest BCUT2D eigenvalue weighted by atomic mass is 10.1. The molecule has 1 saturated heterocycles. The van der Waals surface area contributed by atoms with Crippen molar-refractivity contribution in [3.63, 3.8) is 0 Å². The zero-order chi connectivity index (χ0) is 18.2. The number of thiocarbonyl (C=S) groups is 1. The number of rotatable bonds is 7. The number of benzene rings is 1. The molecule has 0 radical (unpaired) electrons. The molecule has 0 amide bonds. The summed E-state index contributed by atoms with van der Waals surface area (Å²) < 4.78 is 13.9. The summed E-state index contributed by atoms with van der Waals surface area (Å²) >= 11 is 7.33. The van der Waals surface area contributed by atoms with Crippen LogP contribution < -0.4 is 5.32 Å². The van der Waals surface area contributed by atoms with E-state index < -0.39 is 0 Å². The van der Waals surface area contributed by atoms with Gasteiger partial charge in [-0.2, -0.15) is 0 Å². The number of anilines is 1. The van der Waals surface area contributed by atoms with Gasteiger partial charge in [0.1, 0.15) is 5.82 Å². The molecule has 1 aliphatic rings. The SMILES string of the molecule is Fc1ccccc1NC(=S)N(CCCN1CCCCC1)Cc1cccs1. The number of hydrogen-bond acceptors (Lipinski definition) is 3. The van der Waals surface area contributed by atoms with Gasteiger partial charge in [-0.3, -0.25) is 0 Å². The quantitative estimate of drug-likeness (QED) is 0.672. The molecule has 1 N–H and O–H groups in total. The number of piperidine rings is 1. The molecule has 6 heteroatoms. The van der Waals surface area contributed by atoms with Crippen molar-refractivity contribution in [2.45, 2.75) is 32.2 Å². The second kappa shape index (κ2) is 10.00. The topological polar surface area (TPSA) is 18.5 Å². The van der Waals surface area contributed by atoms with Gasteiger partial charge in [-0.15, -0.1) is 11.3 Å². The third kappa shape index (κ3) is 5.76. The maximum Gasteiger partial charge on any atom is 0.173 e. The van der Waals surface area contributed by atoms with Crippen LogP contribution in [-0.2, 0) is 6.54 Å². The van der Waals surface area contributed by atoms with Gasteiger partial charge in [-0.1, -0.05) is 24.6 Å². The lowest BCUT2D eigenvalue weighted by Gasteiger charge is -2.29. The van der Waals surface area contributed by atoms with E-state index in [4.69, 9.17) is 12.2 Å². The number of likely N-dealkylation sites (tertiary alicyclic amines) is 1. The molecule has 1 fully saturated rings. The summed E-state index contributed by atoms with van der Waals surface area (Å²) in [5, 5.41) is 5.75. The Labute approximate surface area is 164 Å². The second-order valence-electron chi connectivity index (χ2n) is 6.67. The second-order valence-corrected chi connectivity index (χ2v) is 8.09. The summed E-state index contributed by atoms with van der Waals surface area (Å²) in [4.78, 5) is 5.96. The lowest BCUT2D eigenvalue weighted by Crippen LogP contribution is -2.37. The Morgan fingerprint density at radius 2 is 1.96 bits per heavy atom.